The van der Waals surface area contributed by atoms with E-state index in [9.17, 15) is 0 Å². The van der Waals surface area contributed by atoms with Gasteiger partial charge in [0.25, 0.3) is 0 Å². The van der Waals surface area contributed by atoms with E-state index in [1.54, 1.807) is 4.90 Å². The van der Waals surface area contributed by atoms with Crippen LogP contribution in [0.2, 0.25) is 0 Å². The molecule has 0 saturated carbocycles. The summed E-state index contributed by atoms with van der Waals surface area (Å²) in [4.78, 5) is 1.76. The number of nitrogens with one attached hydrogen (secondary N) is 1. The summed E-state index contributed by atoms with van der Waals surface area (Å²) in [6, 6.07) is 0.782. The summed E-state index contributed by atoms with van der Waals surface area (Å²) in [7, 11) is 17.4. The first-order chi connectivity index (χ1) is 27.6. The average Bonchev–Trinajstić information content (AvgIpc) is 3.18. The molecule has 0 aliphatic carbocycles. The lowest BCUT2D eigenvalue weighted by atomic mass is 9.92. The molecule has 0 aromatic carbocycles. The summed E-state index contributed by atoms with van der Waals surface area (Å²) >= 11 is 0. The second-order valence-electron chi connectivity index (χ2n) is 21.9. The molecular weight excluding hydrogens is 705 g/mol. The Hall–Kier alpha value is -0.160. The normalized spacial score (nSPS) is 13.8. The fourth-order valence-electron chi connectivity index (χ4n) is 9.08. The number of rotatable bonds is 43. The number of quaternary nitrogens is 4. The summed E-state index contributed by atoms with van der Waals surface area (Å²) in [6.07, 6.45) is 45.7. The van der Waals surface area contributed by atoms with E-state index in [4.69, 9.17) is 0 Å². The number of hydrogen-bond acceptors (Lipinski definition) is 0. The van der Waals surface area contributed by atoms with Gasteiger partial charge in [-0.3, -0.25) is 0 Å². The van der Waals surface area contributed by atoms with Crippen molar-refractivity contribution in [1.29, 1.82) is 0 Å². The van der Waals surface area contributed by atoms with Crippen LogP contribution in [0.1, 0.15) is 254 Å². The van der Waals surface area contributed by atoms with Crippen LogP contribution < -0.4 is 4.90 Å². The van der Waals surface area contributed by atoms with Crippen LogP contribution in [0.25, 0.3) is 0 Å². The van der Waals surface area contributed by atoms with Crippen LogP contribution in [0.15, 0.2) is 0 Å². The maximum atomic E-state index is 2.54. The highest BCUT2D eigenvalue weighted by atomic mass is 15.4. The number of hydrogen-bond donors (Lipinski definition) is 1. The molecule has 4 nitrogen and oxygen atoms in total. The van der Waals surface area contributed by atoms with Crippen molar-refractivity contribution in [3.63, 3.8) is 0 Å². The van der Waals surface area contributed by atoms with Gasteiger partial charge < -0.3 is 18.3 Å². The monoisotopic (exact) mass is 825 g/mol. The zero-order chi connectivity index (χ0) is 44.0. The molecule has 2 unspecified atom stereocenters. The topological polar surface area (TPSA) is 4.44 Å². The molecule has 0 rings (SSSR count). The van der Waals surface area contributed by atoms with Crippen molar-refractivity contribution in [2.24, 2.45) is 0 Å². The van der Waals surface area contributed by atoms with E-state index >= 15 is 0 Å². The Balaban J connectivity index is 0. The predicted molar refractivity (Wildman–Crippen MR) is 266 cm³/mol. The molecule has 2 atom stereocenters. The van der Waals surface area contributed by atoms with E-state index in [0.29, 0.717) is 5.54 Å². The molecule has 0 aromatic rings. The number of nitrogens with zero attached hydrogens (tertiary/aromatic N) is 3. The number of unbranched alkanes of at least 4 members (excludes halogenated alkanes) is 25. The van der Waals surface area contributed by atoms with Crippen LogP contribution in [-0.2, 0) is 0 Å². The molecule has 0 fully saturated rings. The standard InChI is InChI=1S/C52H113N4.C2H6/c1-13-15-17-19-21-23-25-27-29-31-33-38-46-54(7,8)48-40-35-43-51(3)53(6)45-37-36-44-52(4,5)56(11,12)50-42-41-49-55(9,10)47-39-34-32-30-28-26-24-22-20-18-16-14-2;1-2/h51H,13-50H2,1-12H3;1-2H3/q+3;/p+1. The highest BCUT2D eigenvalue weighted by Crippen LogP contribution is 2.27. The summed E-state index contributed by atoms with van der Waals surface area (Å²) < 4.78 is 3.59. The molecule has 1 N–H and O–H groups in total. The SMILES string of the molecule is CC.CCCCCCCCCCCCCC[N+](C)(C)CCCCC(C)[NH+](C)CCCCC(C)(C)[N+](C)(C)CCCC[N+](C)(C)CCCCCCCCCCCCCC. The third-order valence-electron chi connectivity index (χ3n) is 14.7. The second kappa shape index (κ2) is 38.5. The van der Waals surface area contributed by atoms with Gasteiger partial charge in [0.15, 0.2) is 0 Å². The van der Waals surface area contributed by atoms with Crippen LogP contribution in [0.3, 0.4) is 0 Å². The molecule has 0 aliphatic rings. The fraction of sp³-hybridized carbons (Fsp3) is 1.00. The van der Waals surface area contributed by atoms with E-state index < -0.39 is 0 Å². The van der Waals surface area contributed by atoms with Crippen molar-refractivity contribution in [2.75, 3.05) is 88.6 Å². The van der Waals surface area contributed by atoms with Gasteiger partial charge in [0, 0.05) is 19.3 Å². The molecule has 0 amide bonds. The van der Waals surface area contributed by atoms with Gasteiger partial charge in [-0.25, -0.2) is 0 Å². The molecule has 0 radical (unpaired) electrons. The lowest BCUT2D eigenvalue weighted by Gasteiger charge is -2.45. The van der Waals surface area contributed by atoms with Crippen molar-refractivity contribution in [2.45, 2.75) is 266 Å². The quantitative estimate of drug-likeness (QED) is 0.0461. The van der Waals surface area contributed by atoms with Crippen molar-refractivity contribution in [3.8, 4) is 0 Å². The molecule has 0 bridgehead atoms. The highest BCUT2D eigenvalue weighted by molar-refractivity contribution is 4.70. The van der Waals surface area contributed by atoms with Crippen LogP contribution in [0.5, 0.6) is 0 Å². The Labute approximate surface area is 371 Å². The summed E-state index contributed by atoms with van der Waals surface area (Å²) in [5, 5.41) is 0. The van der Waals surface area contributed by atoms with Gasteiger partial charge in [0.05, 0.1) is 100 Å². The minimum absolute atomic E-state index is 0.344. The molecule has 58 heavy (non-hydrogen) atoms. The molecule has 0 saturated heterocycles. The molecular formula is C54H120N4+4. The van der Waals surface area contributed by atoms with Gasteiger partial charge >= 0.3 is 0 Å². The first-order valence-corrected chi connectivity index (χ1v) is 26.9. The van der Waals surface area contributed by atoms with Crippen LogP contribution in [-0.4, -0.2) is 114 Å². The smallest absolute Gasteiger partial charge is 0.0931 e. The van der Waals surface area contributed by atoms with E-state index in [1.807, 2.05) is 13.8 Å². The minimum atomic E-state index is 0.344. The molecule has 4 heteroatoms. The first-order valence-electron chi connectivity index (χ1n) is 26.9. The molecule has 0 spiro atoms. The van der Waals surface area contributed by atoms with Gasteiger partial charge in [0.2, 0.25) is 0 Å². The third kappa shape index (κ3) is 36.5. The zero-order valence-electron chi connectivity index (χ0n) is 43.8. The summed E-state index contributed by atoms with van der Waals surface area (Å²) in [6.45, 7) is 24.2. The van der Waals surface area contributed by atoms with Gasteiger partial charge in [-0.05, 0) is 78.6 Å². The van der Waals surface area contributed by atoms with Gasteiger partial charge in [-0.2, -0.15) is 0 Å². The Morgan fingerprint density at radius 3 is 1.05 bits per heavy atom. The van der Waals surface area contributed by atoms with Crippen molar-refractivity contribution in [3.05, 3.63) is 0 Å². The largest absolute Gasteiger partial charge is 0.335 e. The van der Waals surface area contributed by atoms with Crippen molar-refractivity contribution in [1.82, 2.24) is 0 Å². The van der Waals surface area contributed by atoms with Crippen LogP contribution >= 0.6 is 0 Å². The average molecular weight is 826 g/mol. The molecule has 0 aromatic heterocycles. The lowest BCUT2D eigenvalue weighted by Crippen LogP contribution is -3.12. The van der Waals surface area contributed by atoms with E-state index in [1.165, 1.54) is 254 Å². The van der Waals surface area contributed by atoms with Gasteiger partial charge in [-0.15, -0.1) is 0 Å². The second-order valence-corrected chi connectivity index (χ2v) is 21.9. The van der Waals surface area contributed by atoms with Gasteiger partial charge in [-0.1, -0.05) is 156 Å². The van der Waals surface area contributed by atoms with E-state index in [0.717, 1.165) is 10.5 Å². The Morgan fingerprint density at radius 2 is 0.690 bits per heavy atom. The minimum Gasteiger partial charge on any atom is -0.335 e. The third-order valence-corrected chi connectivity index (χ3v) is 14.7. The molecule has 0 heterocycles. The predicted octanol–water partition coefficient (Wildman–Crippen LogP) is 14.4. The zero-order valence-corrected chi connectivity index (χ0v) is 43.8. The van der Waals surface area contributed by atoms with Crippen molar-refractivity contribution >= 4 is 0 Å². The Kier molecular flexibility index (Phi) is 39.8. The van der Waals surface area contributed by atoms with E-state index in [-0.39, 0.29) is 0 Å². The van der Waals surface area contributed by atoms with Crippen LogP contribution in [0.4, 0.5) is 0 Å². The maximum absolute atomic E-state index is 2.54. The summed E-state index contributed by atoms with van der Waals surface area (Å²) in [5.74, 6) is 0. The Morgan fingerprint density at radius 1 is 0.397 bits per heavy atom. The van der Waals surface area contributed by atoms with Crippen molar-refractivity contribution < 1.29 is 18.3 Å². The lowest BCUT2D eigenvalue weighted by molar-refractivity contribution is -0.939. The Bertz CT molecular complexity index is 833. The van der Waals surface area contributed by atoms with Crippen LogP contribution in [0, 0.1) is 0 Å². The molecule has 0 aliphatic heterocycles. The highest BCUT2D eigenvalue weighted by Gasteiger charge is 2.35. The molecule has 352 valence electrons. The summed E-state index contributed by atoms with van der Waals surface area (Å²) in [5.41, 5.74) is 0.344. The fourth-order valence-corrected chi connectivity index (χ4v) is 9.08. The van der Waals surface area contributed by atoms with E-state index in [2.05, 4.69) is 84.0 Å². The maximum Gasteiger partial charge on any atom is 0.0931 e. The first kappa shape index (κ1) is 59.9. The van der Waals surface area contributed by atoms with Gasteiger partial charge in [0.1, 0.15) is 0 Å².